The monoisotopic (exact) mass is 409 g/mol. The number of aromatic nitrogens is 2. The van der Waals surface area contributed by atoms with Gasteiger partial charge in [-0.05, 0) is 36.2 Å². The van der Waals surface area contributed by atoms with Crippen LogP contribution in [0.1, 0.15) is 28.4 Å². The molecule has 31 heavy (non-hydrogen) atoms. The minimum atomic E-state index is -0.352. The van der Waals surface area contributed by atoms with Gasteiger partial charge in [0.2, 0.25) is 5.91 Å². The minimum Gasteiger partial charge on any atom is -0.315 e. The van der Waals surface area contributed by atoms with E-state index in [2.05, 4.69) is 6.07 Å². The normalized spacial score (nSPS) is 15.5. The highest BCUT2D eigenvalue weighted by atomic mass is 16.2. The van der Waals surface area contributed by atoms with E-state index in [1.807, 2.05) is 73.7 Å². The van der Waals surface area contributed by atoms with Crippen LogP contribution in [-0.2, 0) is 17.8 Å². The van der Waals surface area contributed by atoms with Crippen LogP contribution in [0.4, 0.5) is 5.69 Å². The molecule has 0 N–H and O–H groups in total. The number of anilines is 1. The van der Waals surface area contributed by atoms with E-state index in [0.29, 0.717) is 29.7 Å². The number of hydrogen-bond acceptors (Lipinski definition) is 3. The number of amides is 1. The smallest absolute Gasteiger partial charge is 0.261 e. The molecule has 5 nitrogen and oxygen atoms in total. The molecule has 0 aliphatic carbocycles. The Kier molecular flexibility index (Phi) is 4.66. The van der Waals surface area contributed by atoms with E-state index in [0.717, 1.165) is 22.4 Å². The second kappa shape index (κ2) is 7.51. The highest BCUT2D eigenvalue weighted by Crippen LogP contribution is 2.38. The van der Waals surface area contributed by atoms with Crippen molar-refractivity contribution in [2.45, 2.75) is 25.8 Å². The molecule has 2 heterocycles. The van der Waals surface area contributed by atoms with Crippen molar-refractivity contribution in [3.8, 4) is 0 Å². The Balaban J connectivity index is 1.64. The Bertz CT molecular complexity index is 1360. The lowest BCUT2D eigenvalue weighted by molar-refractivity contribution is -0.119. The molecule has 1 aliphatic heterocycles. The number of nitrogens with zero attached hydrogens (tertiary/aromatic N) is 3. The summed E-state index contributed by atoms with van der Waals surface area (Å²) >= 11 is 0. The summed E-state index contributed by atoms with van der Waals surface area (Å²) in [6.45, 7) is 2.45. The maximum atomic E-state index is 13.4. The molecule has 0 saturated carbocycles. The molecule has 0 spiro atoms. The predicted octanol–water partition coefficient (Wildman–Crippen LogP) is 4.06. The number of likely N-dealkylation sites (N-methyl/N-ethyl adjacent to an activating group) is 1. The Morgan fingerprint density at radius 1 is 0.935 bits per heavy atom. The second-order valence-corrected chi connectivity index (χ2v) is 8.14. The van der Waals surface area contributed by atoms with Crippen LogP contribution < -0.4 is 10.5 Å². The molecule has 154 valence electrons. The van der Waals surface area contributed by atoms with Crippen LogP contribution in [0.3, 0.4) is 0 Å². The van der Waals surface area contributed by atoms with Crippen molar-refractivity contribution >= 4 is 22.5 Å². The first-order chi connectivity index (χ1) is 15.0. The lowest BCUT2D eigenvalue weighted by atomic mass is 9.95. The number of fused-ring (bicyclic) bond motifs is 2. The molecule has 0 fully saturated rings. The van der Waals surface area contributed by atoms with Gasteiger partial charge in [0, 0.05) is 19.2 Å². The van der Waals surface area contributed by atoms with E-state index in [1.165, 1.54) is 0 Å². The summed E-state index contributed by atoms with van der Waals surface area (Å²) in [5, 5.41) is 0.591. The van der Waals surface area contributed by atoms with Gasteiger partial charge < -0.3 is 4.90 Å². The Morgan fingerprint density at radius 3 is 2.48 bits per heavy atom. The van der Waals surface area contributed by atoms with Gasteiger partial charge in [0.05, 0.1) is 23.4 Å². The second-order valence-electron chi connectivity index (χ2n) is 8.14. The van der Waals surface area contributed by atoms with Gasteiger partial charge in [0.25, 0.3) is 5.56 Å². The summed E-state index contributed by atoms with van der Waals surface area (Å²) in [4.78, 5) is 33.1. The van der Waals surface area contributed by atoms with E-state index >= 15 is 0 Å². The molecule has 1 aliphatic rings. The zero-order valence-corrected chi connectivity index (χ0v) is 17.6. The number of carbonyl (C=O) groups is 1. The van der Waals surface area contributed by atoms with E-state index in [1.54, 1.807) is 16.5 Å². The molecule has 3 aromatic carbocycles. The number of carbonyl (C=O) groups excluding carboxylic acids is 1. The van der Waals surface area contributed by atoms with Gasteiger partial charge in [-0.1, -0.05) is 60.2 Å². The molecule has 5 rings (SSSR count). The van der Waals surface area contributed by atoms with Crippen LogP contribution in [0.2, 0.25) is 0 Å². The quantitative estimate of drug-likeness (QED) is 0.511. The molecular weight excluding hydrogens is 386 g/mol. The van der Waals surface area contributed by atoms with E-state index in [-0.39, 0.29) is 17.4 Å². The number of benzene rings is 3. The average molecular weight is 409 g/mol. The third-order valence-corrected chi connectivity index (χ3v) is 6.06. The fourth-order valence-electron chi connectivity index (χ4n) is 4.42. The first-order valence-electron chi connectivity index (χ1n) is 10.4. The van der Waals surface area contributed by atoms with Gasteiger partial charge in [-0.15, -0.1) is 0 Å². The van der Waals surface area contributed by atoms with Gasteiger partial charge in [-0.25, -0.2) is 4.98 Å². The lowest BCUT2D eigenvalue weighted by Gasteiger charge is -2.17. The molecule has 1 aromatic heterocycles. The molecule has 0 saturated heterocycles. The SMILES string of the molecule is Cc1ccc2c(c1)[C@H](Cc1nc3ccccc3c(=O)n1Cc1ccccc1)C(=O)N2C. The van der Waals surface area contributed by atoms with E-state index < -0.39 is 0 Å². The Morgan fingerprint density at radius 2 is 1.68 bits per heavy atom. The number of hydrogen-bond donors (Lipinski definition) is 0. The highest BCUT2D eigenvalue weighted by molar-refractivity contribution is 6.04. The summed E-state index contributed by atoms with van der Waals surface area (Å²) in [6, 6.07) is 23.4. The predicted molar refractivity (Wildman–Crippen MR) is 123 cm³/mol. The molecule has 1 atom stereocenters. The first kappa shape index (κ1) is 19.2. The lowest BCUT2D eigenvalue weighted by Crippen LogP contribution is -2.30. The van der Waals surface area contributed by atoms with Crippen molar-refractivity contribution in [1.82, 2.24) is 9.55 Å². The van der Waals surface area contributed by atoms with Gasteiger partial charge in [0.1, 0.15) is 5.82 Å². The standard InChI is InChI=1S/C26H23N3O2/c1-17-12-13-23-20(14-17)21(25(30)28(23)2)15-24-27-22-11-7-6-10-19(22)26(31)29(24)16-18-8-4-3-5-9-18/h3-14,21H,15-16H2,1-2H3/t21-/m0/s1. The summed E-state index contributed by atoms with van der Waals surface area (Å²) in [6.07, 6.45) is 0.381. The van der Waals surface area contributed by atoms with Crippen LogP contribution in [-0.4, -0.2) is 22.5 Å². The van der Waals surface area contributed by atoms with Gasteiger partial charge in [0.15, 0.2) is 0 Å². The van der Waals surface area contributed by atoms with Crippen molar-refractivity contribution in [2.75, 3.05) is 11.9 Å². The van der Waals surface area contributed by atoms with Crippen molar-refractivity contribution in [1.29, 1.82) is 0 Å². The molecule has 1 amide bonds. The number of para-hydroxylation sites is 1. The van der Waals surface area contributed by atoms with Crippen molar-refractivity contribution in [2.24, 2.45) is 0 Å². The summed E-state index contributed by atoms with van der Waals surface area (Å²) < 4.78 is 1.72. The van der Waals surface area contributed by atoms with Crippen LogP contribution in [0.15, 0.2) is 77.6 Å². The van der Waals surface area contributed by atoms with Crippen LogP contribution in [0.25, 0.3) is 10.9 Å². The zero-order chi connectivity index (χ0) is 21.5. The molecular formula is C26H23N3O2. The minimum absolute atomic E-state index is 0.0364. The van der Waals surface area contributed by atoms with Crippen molar-refractivity contribution in [3.63, 3.8) is 0 Å². The number of aryl methyl sites for hydroxylation is 1. The summed E-state index contributed by atoms with van der Waals surface area (Å²) in [5.74, 6) is 0.318. The summed E-state index contributed by atoms with van der Waals surface area (Å²) in [5.41, 5.74) is 4.65. The van der Waals surface area contributed by atoms with Crippen LogP contribution >= 0.6 is 0 Å². The zero-order valence-electron chi connectivity index (χ0n) is 17.6. The van der Waals surface area contributed by atoms with E-state index in [9.17, 15) is 9.59 Å². The third-order valence-electron chi connectivity index (χ3n) is 6.06. The van der Waals surface area contributed by atoms with E-state index in [4.69, 9.17) is 4.98 Å². The molecule has 5 heteroatoms. The Labute approximate surface area is 180 Å². The van der Waals surface area contributed by atoms with Crippen molar-refractivity contribution in [3.05, 3.63) is 106 Å². The Hall–Kier alpha value is -3.73. The average Bonchev–Trinajstić information content (AvgIpc) is 3.01. The first-order valence-corrected chi connectivity index (χ1v) is 10.4. The van der Waals surface area contributed by atoms with Gasteiger partial charge in [-0.3, -0.25) is 14.2 Å². The maximum absolute atomic E-state index is 13.4. The molecule has 0 radical (unpaired) electrons. The molecule has 0 unspecified atom stereocenters. The highest BCUT2D eigenvalue weighted by Gasteiger charge is 2.36. The van der Waals surface area contributed by atoms with Gasteiger partial charge in [-0.2, -0.15) is 0 Å². The largest absolute Gasteiger partial charge is 0.315 e. The molecule has 4 aromatic rings. The fourth-order valence-corrected chi connectivity index (χ4v) is 4.42. The fraction of sp³-hybridized carbons (Fsp3) is 0.192. The van der Waals surface area contributed by atoms with Crippen molar-refractivity contribution < 1.29 is 4.79 Å². The topological polar surface area (TPSA) is 55.2 Å². The molecule has 0 bridgehead atoms. The van der Waals surface area contributed by atoms with Gasteiger partial charge >= 0.3 is 0 Å². The number of rotatable bonds is 4. The van der Waals surface area contributed by atoms with Crippen LogP contribution in [0, 0.1) is 6.92 Å². The third kappa shape index (κ3) is 3.32. The van der Waals surface area contributed by atoms with Crippen LogP contribution in [0.5, 0.6) is 0 Å². The summed E-state index contributed by atoms with van der Waals surface area (Å²) in [7, 11) is 1.81. The maximum Gasteiger partial charge on any atom is 0.261 e.